The average molecular weight is 1880 g/mol. The molecular weight excluding hydrogens is 1640 g/mol. The number of carbonyl (C=O) groups excluding carboxylic acids is 4. The van der Waals surface area contributed by atoms with E-state index in [1.165, 1.54) is 168 Å². The van der Waals surface area contributed by atoms with Crippen LogP contribution in [0.4, 0.5) is 0 Å². The summed E-state index contributed by atoms with van der Waals surface area (Å²) in [4.78, 5) is 76.2. The lowest BCUT2D eigenvalue weighted by atomic mass is 9.63. The van der Waals surface area contributed by atoms with Gasteiger partial charge in [0.2, 0.25) is 23.6 Å². The molecule has 17 heteroatoms. The first-order valence-electron chi connectivity index (χ1n) is 55.0. The molecule has 0 unspecified atom stereocenters. The van der Waals surface area contributed by atoms with Crippen LogP contribution in [-0.2, 0) is 23.9 Å². The third kappa shape index (κ3) is 48.0. The molecule has 17 nitrogen and oxygen atoms in total. The lowest BCUT2D eigenvalue weighted by Gasteiger charge is -2.48. The van der Waals surface area contributed by atoms with Crippen molar-refractivity contribution in [2.45, 2.75) is 455 Å². The van der Waals surface area contributed by atoms with Gasteiger partial charge in [-0.2, -0.15) is 0 Å². The Hall–Kier alpha value is -2.48. The Kier molecular flexibility index (Phi) is 49.9. The smallest absolute Gasteiger partial charge is 0.236 e. The molecular formula is C116H234N12O5. The molecule has 8 saturated heterocycles. The predicted molar refractivity (Wildman–Crippen MR) is 578 cm³/mol. The molecule has 8 heterocycles. The minimum absolute atomic E-state index is 0. The quantitative estimate of drug-likeness (QED) is 0.0827. The summed E-state index contributed by atoms with van der Waals surface area (Å²) in [5.41, 5.74) is 6.21. The summed E-state index contributed by atoms with van der Waals surface area (Å²) in [6.07, 6.45) is 28.1. The van der Waals surface area contributed by atoms with Crippen molar-refractivity contribution in [3.63, 3.8) is 0 Å². The van der Waals surface area contributed by atoms with E-state index in [1.807, 2.05) is 25.7 Å². The predicted octanol–water partition coefficient (Wildman–Crippen LogP) is 25.5. The van der Waals surface area contributed by atoms with Gasteiger partial charge in [-0.05, 0) is 319 Å². The fourth-order valence-corrected chi connectivity index (χ4v) is 20.1. The summed E-state index contributed by atoms with van der Waals surface area (Å²) in [6, 6.07) is 0. The lowest BCUT2D eigenvalue weighted by molar-refractivity contribution is -0.137. The van der Waals surface area contributed by atoms with Crippen LogP contribution in [0.1, 0.15) is 439 Å². The second-order valence-electron chi connectivity index (χ2n) is 57.9. The number of hydrogen-bond donors (Lipinski definition) is 1. The maximum absolute atomic E-state index is 12.8. The number of hydrogen-bond acceptors (Lipinski definition) is 13. The minimum atomic E-state index is -0.219. The van der Waals surface area contributed by atoms with Gasteiger partial charge in [0.15, 0.2) is 0 Å². The van der Waals surface area contributed by atoms with E-state index in [2.05, 4.69) is 317 Å². The third-order valence-corrected chi connectivity index (χ3v) is 34.5. The van der Waals surface area contributed by atoms with Crippen LogP contribution in [0.15, 0.2) is 0 Å². The number of nitrogens with zero attached hydrogens (tertiary/aromatic N) is 11. The number of ether oxygens (including phenoxy) is 1. The Labute approximate surface area is 830 Å². The topological polar surface area (TPSA) is 125 Å². The summed E-state index contributed by atoms with van der Waals surface area (Å²) < 4.78 is 5.47. The number of amides is 4. The van der Waals surface area contributed by atoms with Crippen molar-refractivity contribution in [2.24, 2.45) is 75.8 Å². The highest BCUT2D eigenvalue weighted by Gasteiger charge is 2.46. The van der Waals surface area contributed by atoms with E-state index < -0.39 is 0 Å². The molecule has 8 rings (SSSR count). The van der Waals surface area contributed by atoms with E-state index in [0.717, 1.165) is 143 Å². The van der Waals surface area contributed by atoms with Crippen molar-refractivity contribution < 1.29 is 25.3 Å². The highest BCUT2D eigenvalue weighted by atomic mass is 16.5. The second-order valence-corrected chi connectivity index (χ2v) is 57.9. The lowest BCUT2D eigenvalue weighted by Crippen LogP contribution is -2.53. The molecule has 8 aliphatic heterocycles. The standard InChI is InChI=1S/C23H45N3O.C22H43N3O.C20H38N2O3.C18H37N.C17H35N.C16H34N2.H2/c1-21(2,3)9-8-12-24-15-17-25(18-16-24)19-20(27)26-13-10-23(7,11-14-26)22(4,5)6;1-20(2,3)22(7)10-13-24(14-11-22)19(26)9-8-12-23-15-17-25(18-16-23)21(4,5)6;1-18(2,3)20(7)10-12-22(13-11-20)17(24)9-15-25-14-8-16(23)21-19(4,5)6;1-16(2,3)10-8-9-13-19-14-11-18(7,12-15-19)17(4,5)6;1-15(2,3)9-8-12-18-13-10-17(7,11-14-18)16(4,5)6;1-15(2,3)9-7-8-10-17-11-13-18(14-12-17)16(4,5)6;/h8-19H2,1-7H3;8-18H2,1-7H3;8-15H2,1-7H3,(H,21,23);8-15H2,1-7H3;8-14H2,1-7H3;7-14H2,1-6H3;1H. The van der Waals surface area contributed by atoms with Crippen molar-refractivity contribution in [3.05, 3.63) is 0 Å². The Balaban J connectivity index is 0.000000547. The monoisotopic (exact) mass is 1880 g/mol. The van der Waals surface area contributed by atoms with Gasteiger partial charge >= 0.3 is 0 Å². The fraction of sp³-hybridized carbons (Fsp3) is 0.966. The molecule has 0 aromatic carbocycles. The zero-order valence-electron chi connectivity index (χ0n) is 97.1. The van der Waals surface area contributed by atoms with E-state index in [-0.39, 0.29) is 29.7 Å². The van der Waals surface area contributed by atoms with Crippen LogP contribution >= 0.6 is 0 Å². The minimum Gasteiger partial charge on any atom is -0.380 e. The Morgan fingerprint density at radius 3 is 0.752 bits per heavy atom. The Morgan fingerprint density at radius 1 is 0.256 bits per heavy atom. The van der Waals surface area contributed by atoms with Crippen LogP contribution in [0.3, 0.4) is 0 Å². The third-order valence-electron chi connectivity index (χ3n) is 34.5. The Morgan fingerprint density at radius 2 is 0.481 bits per heavy atom. The normalized spacial score (nSPS) is 21.4. The average Bonchev–Trinajstić information content (AvgIpc) is 0.813. The second kappa shape index (κ2) is 53.2. The number of piperidine rings is 5. The molecule has 0 saturated carbocycles. The molecule has 0 atom stereocenters. The maximum Gasteiger partial charge on any atom is 0.236 e. The van der Waals surface area contributed by atoms with Gasteiger partial charge in [0, 0.05) is 149 Å². The summed E-state index contributed by atoms with van der Waals surface area (Å²) in [7, 11) is 0. The van der Waals surface area contributed by atoms with Crippen LogP contribution in [0.5, 0.6) is 0 Å². The first-order valence-corrected chi connectivity index (χ1v) is 55.0. The van der Waals surface area contributed by atoms with Crippen molar-refractivity contribution >= 4 is 23.6 Å². The summed E-state index contributed by atoms with van der Waals surface area (Å²) in [5.74, 6) is 0.854. The van der Waals surface area contributed by atoms with Crippen LogP contribution in [0, 0.1) is 75.8 Å². The molecule has 788 valence electrons. The molecule has 4 amide bonds. The first kappa shape index (κ1) is 125. The zero-order valence-corrected chi connectivity index (χ0v) is 97.1. The number of nitrogens with one attached hydrogen (secondary N) is 1. The van der Waals surface area contributed by atoms with Gasteiger partial charge in [-0.15, -0.1) is 0 Å². The Bertz CT molecular complexity index is 3220. The summed E-state index contributed by atoms with van der Waals surface area (Å²) in [5, 5.41) is 2.90. The fourth-order valence-electron chi connectivity index (χ4n) is 20.1. The molecule has 1 N–H and O–H groups in total. The molecule has 0 aromatic rings. The van der Waals surface area contributed by atoms with Crippen molar-refractivity contribution in [1.82, 2.24) is 59.2 Å². The van der Waals surface area contributed by atoms with Crippen LogP contribution in [0.2, 0.25) is 0 Å². The molecule has 0 bridgehead atoms. The van der Waals surface area contributed by atoms with Gasteiger partial charge in [-0.1, -0.05) is 234 Å². The van der Waals surface area contributed by atoms with Gasteiger partial charge < -0.3 is 49.3 Å². The number of carbonyl (C=O) groups is 4. The van der Waals surface area contributed by atoms with Gasteiger partial charge in [0.1, 0.15) is 0 Å². The molecule has 8 fully saturated rings. The van der Waals surface area contributed by atoms with E-state index in [1.54, 1.807) is 0 Å². The number of likely N-dealkylation sites (tertiary alicyclic amines) is 5. The van der Waals surface area contributed by atoms with Crippen molar-refractivity contribution in [3.8, 4) is 0 Å². The largest absolute Gasteiger partial charge is 0.380 e. The van der Waals surface area contributed by atoms with Crippen molar-refractivity contribution in [2.75, 3.05) is 196 Å². The first-order chi connectivity index (χ1) is 60.4. The molecule has 0 aliphatic carbocycles. The number of unbranched alkanes of at least 4 members (excludes halogenated alkanes) is 2. The number of piperazine rings is 3. The molecule has 0 spiro atoms. The van der Waals surface area contributed by atoms with E-state index in [0.29, 0.717) is 127 Å². The zero-order chi connectivity index (χ0) is 102. The maximum atomic E-state index is 12.8. The van der Waals surface area contributed by atoms with Crippen LogP contribution < -0.4 is 5.32 Å². The van der Waals surface area contributed by atoms with Gasteiger partial charge in [-0.3, -0.25) is 33.9 Å². The molecule has 0 radical (unpaired) electrons. The highest BCUT2D eigenvalue weighted by molar-refractivity contribution is 5.79. The van der Waals surface area contributed by atoms with E-state index in [4.69, 9.17) is 4.74 Å². The van der Waals surface area contributed by atoms with Gasteiger partial charge in [0.05, 0.1) is 26.2 Å². The highest BCUT2D eigenvalue weighted by Crippen LogP contribution is 2.51. The SMILES string of the molecule is CC(C)(C)CCCCN1CCC(C)(C(C)(C)C)CC1.CC(C)(C)CCCCN1CCN(C(C)(C)C)CC1.CC(C)(C)CCCN1CCC(C)(C(C)(C)C)CC1.CC(C)(C)CCCN1CCN(CC(=O)N2CCC(C)(C(C)(C)C)CC2)CC1.CC(C)(C)N1CCN(CCCC(=O)N2CCC(C)(C(C)(C)C)CC2)CC1.CC(C)(C)NC(=O)CCOCCC(=O)N1CCC(C)(C(C)(C)C)CC1.[HH]. The summed E-state index contributed by atoms with van der Waals surface area (Å²) in [6.45, 7) is 127. The molecule has 133 heavy (non-hydrogen) atoms. The van der Waals surface area contributed by atoms with Crippen LogP contribution in [0.25, 0.3) is 0 Å². The van der Waals surface area contributed by atoms with Gasteiger partial charge in [-0.25, -0.2) is 0 Å². The van der Waals surface area contributed by atoms with Gasteiger partial charge in [0.25, 0.3) is 0 Å². The molecule has 8 aliphatic rings. The van der Waals surface area contributed by atoms with Crippen molar-refractivity contribution in [1.29, 1.82) is 0 Å². The van der Waals surface area contributed by atoms with E-state index in [9.17, 15) is 19.2 Å². The van der Waals surface area contributed by atoms with Crippen LogP contribution in [-0.4, -0.2) is 291 Å². The summed E-state index contributed by atoms with van der Waals surface area (Å²) >= 11 is 0. The molecule has 0 aromatic heterocycles. The number of rotatable bonds is 26. The van der Waals surface area contributed by atoms with E-state index >= 15 is 0 Å².